The fourth-order valence-corrected chi connectivity index (χ4v) is 3.02. The average Bonchev–Trinajstić information content (AvgIpc) is 2.94. The number of nitrogens with zero attached hydrogens (tertiary/aromatic N) is 1. The van der Waals surface area contributed by atoms with Gasteiger partial charge in [-0.25, -0.2) is 9.59 Å². The molecule has 1 aliphatic heterocycles. The van der Waals surface area contributed by atoms with Crippen LogP contribution in [0.3, 0.4) is 0 Å². The molecule has 0 bridgehead atoms. The van der Waals surface area contributed by atoms with E-state index >= 15 is 0 Å². The van der Waals surface area contributed by atoms with Crippen LogP contribution in [0.1, 0.15) is 103 Å². The first-order chi connectivity index (χ1) is 17.3. The second-order valence-corrected chi connectivity index (χ2v) is 7.68. The van der Waals surface area contributed by atoms with Gasteiger partial charge in [-0.2, -0.15) is 0 Å². The molecule has 7 nitrogen and oxygen atoms in total. The van der Waals surface area contributed by atoms with Crippen molar-refractivity contribution >= 4 is 12.1 Å². The Morgan fingerprint density at radius 1 is 1.00 bits per heavy atom. The van der Waals surface area contributed by atoms with Crippen LogP contribution in [0.2, 0.25) is 0 Å². The molecule has 7 heteroatoms. The molecule has 220 valence electrons. The normalized spacial score (nSPS) is 13.6. The molecule has 0 saturated carbocycles. The van der Waals surface area contributed by atoms with Gasteiger partial charge < -0.3 is 25.4 Å². The number of likely N-dealkylation sites (tertiary alicyclic amines) is 1. The van der Waals surface area contributed by atoms with E-state index in [9.17, 15) is 9.59 Å². The Morgan fingerprint density at radius 3 is 1.81 bits per heavy atom. The van der Waals surface area contributed by atoms with Gasteiger partial charge in [0.1, 0.15) is 0 Å². The molecule has 0 spiro atoms. The lowest BCUT2D eigenvalue weighted by Crippen LogP contribution is -2.47. The number of aliphatic hydroxyl groups is 1. The smallest absolute Gasteiger partial charge is 0.409 e. The lowest BCUT2D eigenvalue weighted by Gasteiger charge is -2.42. The fourth-order valence-electron chi connectivity index (χ4n) is 3.02. The van der Waals surface area contributed by atoms with Crippen molar-refractivity contribution in [3.8, 4) is 0 Å². The minimum absolute atomic E-state index is 0. The summed E-state index contributed by atoms with van der Waals surface area (Å²) in [6, 6.07) is -0.112. The number of allylic oxidation sites excluding steroid dienone is 2. The molecule has 1 saturated heterocycles. The standard InChI is InChI=1S/C16H31N3O3.C6H12.2C2H6.C2H4.CH4O.H2/c1-5-11-22-15(21)19-9-7-16(4,8-10-19)13(3)12-18-14(20)17-6-2;1-3-5-6-4-2;4*1-2;/h13H,5-12H2,1-4H3,(H2,17,18,20);5-6H,3-4H2,1-2H3;2*1-2H3;1-2H2;2H,1H3;1H/b;6-5+;;;;;. The van der Waals surface area contributed by atoms with Gasteiger partial charge >= 0.3 is 12.1 Å². The second kappa shape index (κ2) is 35.1. The van der Waals surface area contributed by atoms with Crippen molar-refractivity contribution < 1.29 is 20.9 Å². The molecule has 0 aliphatic carbocycles. The first-order valence-corrected chi connectivity index (χ1v) is 13.9. The predicted molar refractivity (Wildman–Crippen MR) is 161 cm³/mol. The number of carbonyl (C=O) groups excluding carboxylic acids is 2. The fraction of sp³-hybridized carbons (Fsp3) is 0.793. The Kier molecular flexibility index (Phi) is 43.0. The lowest BCUT2D eigenvalue weighted by molar-refractivity contribution is 0.0507. The first-order valence-electron chi connectivity index (χ1n) is 13.9. The third-order valence-corrected chi connectivity index (χ3v) is 5.33. The maximum Gasteiger partial charge on any atom is 0.409 e. The van der Waals surface area contributed by atoms with Gasteiger partial charge in [0.15, 0.2) is 0 Å². The zero-order valence-electron chi connectivity index (χ0n) is 25.8. The number of ether oxygens (including phenoxy) is 1. The predicted octanol–water partition coefficient (Wildman–Crippen LogP) is 7.66. The van der Waals surface area contributed by atoms with E-state index in [1.165, 1.54) is 12.8 Å². The minimum atomic E-state index is -0.197. The van der Waals surface area contributed by atoms with Gasteiger partial charge in [-0.3, -0.25) is 0 Å². The molecule has 1 rings (SSSR count). The van der Waals surface area contributed by atoms with Crippen molar-refractivity contribution in [2.24, 2.45) is 11.3 Å². The molecule has 3 amide bonds. The van der Waals surface area contributed by atoms with E-state index in [1.807, 2.05) is 41.5 Å². The van der Waals surface area contributed by atoms with Crippen molar-refractivity contribution in [3.05, 3.63) is 25.3 Å². The van der Waals surface area contributed by atoms with Crippen molar-refractivity contribution in [2.75, 3.05) is 39.9 Å². The molecule has 36 heavy (non-hydrogen) atoms. The number of rotatable bonds is 8. The van der Waals surface area contributed by atoms with E-state index in [4.69, 9.17) is 9.84 Å². The van der Waals surface area contributed by atoms with Crippen LogP contribution < -0.4 is 10.6 Å². The molecule has 1 heterocycles. The molecular weight excluding hydrogens is 454 g/mol. The van der Waals surface area contributed by atoms with Gasteiger partial charge in [-0.15, -0.1) is 13.2 Å². The Balaban J connectivity index is -0.000000135. The number of aliphatic hydroxyl groups excluding tert-OH is 1. The number of carbonyl (C=O) groups is 2. The van der Waals surface area contributed by atoms with Crippen molar-refractivity contribution in [2.45, 2.75) is 101 Å². The summed E-state index contributed by atoms with van der Waals surface area (Å²) in [6.45, 7) is 29.8. The first kappa shape index (κ1) is 44.0. The summed E-state index contributed by atoms with van der Waals surface area (Å²) in [5.74, 6) is 0.365. The minimum Gasteiger partial charge on any atom is -0.449 e. The van der Waals surface area contributed by atoms with Crippen molar-refractivity contribution in [1.82, 2.24) is 15.5 Å². The average molecular weight is 520 g/mol. The maximum absolute atomic E-state index is 11.9. The molecular formula is C29H65N3O4. The van der Waals surface area contributed by atoms with Crippen molar-refractivity contribution in [3.63, 3.8) is 0 Å². The van der Waals surface area contributed by atoms with Crippen LogP contribution >= 0.6 is 0 Å². The molecule has 1 atom stereocenters. The van der Waals surface area contributed by atoms with Gasteiger partial charge in [-0.05, 0) is 50.4 Å². The number of hydrogen-bond donors (Lipinski definition) is 3. The third kappa shape index (κ3) is 25.1. The van der Waals surface area contributed by atoms with E-state index in [0.29, 0.717) is 25.6 Å². The summed E-state index contributed by atoms with van der Waals surface area (Å²) in [4.78, 5) is 25.1. The monoisotopic (exact) mass is 519 g/mol. The quantitative estimate of drug-likeness (QED) is 0.287. The Bertz CT molecular complexity index is 478. The van der Waals surface area contributed by atoms with Gasteiger partial charge in [0.2, 0.25) is 0 Å². The van der Waals surface area contributed by atoms with Crippen LogP contribution in [0.5, 0.6) is 0 Å². The highest BCUT2D eigenvalue weighted by Crippen LogP contribution is 2.38. The van der Waals surface area contributed by atoms with Gasteiger partial charge in [0.25, 0.3) is 0 Å². The molecule has 0 aromatic heterocycles. The molecule has 3 N–H and O–H groups in total. The number of hydrogen-bond acceptors (Lipinski definition) is 4. The van der Waals surface area contributed by atoms with Gasteiger partial charge in [0.05, 0.1) is 6.61 Å². The highest BCUT2D eigenvalue weighted by Gasteiger charge is 2.36. The number of amides is 3. The van der Waals surface area contributed by atoms with Crippen LogP contribution in [-0.4, -0.2) is 62.0 Å². The van der Waals surface area contributed by atoms with Crippen LogP contribution in [-0.2, 0) is 4.74 Å². The van der Waals surface area contributed by atoms with E-state index in [-0.39, 0.29) is 19.0 Å². The highest BCUT2D eigenvalue weighted by molar-refractivity contribution is 5.73. The lowest BCUT2D eigenvalue weighted by atomic mass is 9.71. The van der Waals surface area contributed by atoms with Crippen LogP contribution in [0, 0.1) is 11.3 Å². The van der Waals surface area contributed by atoms with Crippen LogP contribution in [0.25, 0.3) is 0 Å². The van der Waals surface area contributed by atoms with E-state index < -0.39 is 0 Å². The molecule has 1 aliphatic rings. The second-order valence-electron chi connectivity index (χ2n) is 7.68. The van der Waals surface area contributed by atoms with Gasteiger partial charge in [-0.1, -0.05) is 74.5 Å². The number of piperidine rings is 1. The summed E-state index contributed by atoms with van der Waals surface area (Å²) >= 11 is 0. The largest absolute Gasteiger partial charge is 0.449 e. The molecule has 0 aromatic carbocycles. The molecule has 1 fully saturated rings. The van der Waals surface area contributed by atoms with Crippen LogP contribution in [0.4, 0.5) is 9.59 Å². The van der Waals surface area contributed by atoms with Crippen molar-refractivity contribution in [1.29, 1.82) is 0 Å². The van der Waals surface area contributed by atoms with E-state index in [1.54, 1.807) is 4.90 Å². The van der Waals surface area contributed by atoms with Crippen LogP contribution in [0.15, 0.2) is 25.3 Å². The maximum atomic E-state index is 11.9. The summed E-state index contributed by atoms with van der Waals surface area (Å²) in [5.41, 5.74) is 0.140. The highest BCUT2D eigenvalue weighted by atomic mass is 16.6. The SMILES string of the molecule is C=C.CC.CC.CC/C=C/CC.CCCOC(=O)N1CCC(C)(C(C)CNC(=O)NCC)CC1.CO.[HH]. The number of nitrogens with one attached hydrogen (secondary N) is 2. The molecule has 0 aromatic rings. The Hall–Kier alpha value is -2.02. The Labute approximate surface area is 226 Å². The summed E-state index contributed by atoms with van der Waals surface area (Å²) in [7, 11) is 1.00. The van der Waals surface area contributed by atoms with E-state index in [2.05, 4.69) is 63.6 Å². The van der Waals surface area contributed by atoms with E-state index in [0.717, 1.165) is 39.5 Å². The molecule has 1 unspecified atom stereocenters. The summed E-state index contributed by atoms with van der Waals surface area (Å²) < 4.78 is 5.19. The number of urea groups is 1. The molecule has 0 radical (unpaired) electrons. The van der Waals surface area contributed by atoms with Gasteiger partial charge in [0, 0.05) is 34.7 Å². The third-order valence-electron chi connectivity index (χ3n) is 5.33. The summed E-state index contributed by atoms with van der Waals surface area (Å²) in [5, 5.41) is 12.7. The summed E-state index contributed by atoms with van der Waals surface area (Å²) in [6.07, 6.45) is 9.23. The zero-order valence-corrected chi connectivity index (χ0v) is 25.8. The Morgan fingerprint density at radius 2 is 1.44 bits per heavy atom. The zero-order chi connectivity index (χ0) is 29.4. The topological polar surface area (TPSA) is 90.9 Å².